The minimum absolute atomic E-state index is 0.173. The molecule has 0 bridgehead atoms. The summed E-state index contributed by atoms with van der Waals surface area (Å²) in [5, 5.41) is 0.949. The topological polar surface area (TPSA) is 46.6 Å². The third-order valence-corrected chi connectivity index (χ3v) is 5.02. The summed E-state index contributed by atoms with van der Waals surface area (Å²) in [4.78, 5) is 31.6. The van der Waals surface area contributed by atoms with Gasteiger partial charge >= 0.3 is 0 Å². The van der Waals surface area contributed by atoms with Crippen molar-refractivity contribution in [2.45, 2.75) is 25.4 Å². The lowest BCUT2D eigenvalue weighted by atomic mass is 9.85. The van der Waals surface area contributed by atoms with Crippen LogP contribution >= 0.6 is 0 Å². The number of hydroxylamine groups is 2. The van der Waals surface area contributed by atoms with Gasteiger partial charge in [0.25, 0.3) is 11.8 Å². The van der Waals surface area contributed by atoms with Gasteiger partial charge in [-0.3, -0.25) is 14.4 Å². The van der Waals surface area contributed by atoms with Crippen LogP contribution in [-0.2, 0) is 22.7 Å². The lowest BCUT2D eigenvalue weighted by Gasteiger charge is -2.31. The quantitative estimate of drug-likeness (QED) is 0.599. The van der Waals surface area contributed by atoms with Crippen LogP contribution in [0.15, 0.2) is 84.9 Å². The Hall–Kier alpha value is -3.24. The molecule has 0 aliphatic carbocycles. The van der Waals surface area contributed by atoms with E-state index in [1.165, 1.54) is 5.56 Å². The van der Waals surface area contributed by atoms with Crippen LogP contribution in [0.1, 0.15) is 39.4 Å². The molecule has 0 saturated carbocycles. The lowest BCUT2D eigenvalue weighted by Crippen LogP contribution is -2.44. The molecule has 2 amide bonds. The van der Waals surface area contributed by atoms with Crippen LogP contribution in [0, 0.1) is 0 Å². The molecule has 0 radical (unpaired) electrons. The SMILES string of the molecule is O=C1c2ccccc2C(CCc2ccccc2)C(=O)N1OCc1ccccc1. The Morgan fingerprint density at radius 2 is 1.36 bits per heavy atom. The maximum absolute atomic E-state index is 13.1. The molecule has 4 heteroatoms. The first-order valence-electron chi connectivity index (χ1n) is 9.42. The van der Waals surface area contributed by atoms with Crippen LogP contribution in [0.25, 0.3) is 0 Å². The van der Waals surface area contributed by atoms with Gasteiger partial charge in [0.05, 0.1) is 5.92 Å². The van der Waals surface area contributed by atoms with E-state index < -0.39 is 11.8 Å². The molecule has 28 heavy (non-hydrogen) atoms. The predicted molar refractivity (Wildman–Crippen MR) is 106 cm³/mol. The number of carbonyl (C=O) groups is 2. The molecule has 0 saturated heterocycles. The molecular weight excluding hydrogens is 350 g/mol. The van der Waals surface area contributed by atoms with Gasteiger partial charge in [-0.25, -0.2) is 0 Å². The van der Waals surface area contributed by atoms with E-state index >= 15 is 0 Å². The second-order valence-electron chi connectivity index (χ2n) is 6.86. The number of benzene rings is 3. The van der Waals surface area contributed by atoms with Gasteiger partial charge in [-0.1, -0.05) is 78.9 Å². The minimum Gasteiger partial charge on any atom is -0.271 e. The smallest absolute Gasteiger partial charge is 0.271 e. The van der Waals surface area contributed by atoms with Gasteiger partial charge in [-0.05, 0) is 35.6 Å². The van der Waals surface area contributed by atoms with Crippen LogP contribution in [0.3, 0.4) is 0 Å². The molecule has 0 N–H and O–H groups in total. The highest BCUT2D eigenvalue weighted by atomic mass is 16.7. The normalized spacial score (nSPS) is 16.1. The van der Waals surface area contributed by atoms with Gasteiger partial charge < -0.3 is 0 Å². The monoisotopic (exact) mass is 371 g/mol. The second-order valence-corrected chi connectivity index (χ2v) is 6.86. The molecule has 140 valence electrons. The summed E-state index contributed by atoms with van der Waals surface area (Å²) < 4.78 is 0. The van der Waals surface area contributed by atoms with Crippen molar-refractivity contribution in [2.24, 2.45) is 0 Å². The standard InChI is InChI=1S/C24H21NO3/c26-23-21-14-8-7-13-20(21)22(16-15-18-9-3-1-4-10-18)24(27)25(23)28-17-19-11-5-2-6-12-19/h1-14,22H,15-17H2. The number of carbonyl (C=O) groups excluding carboxylic acids is 2. The number of fused-ring (bicyclic) bond motifs is 1. The first kappa shape index (κ1) is 18.1. The zero-order valence-corrected chi connectivity index (χ0v) is 15.5. The molecule has 4 rings (SSSR count). The summed E-state index contributed by atoms with van der Waals surface area (Å²) in [6.45, 7) is 0.173. The Kier molecular flexibility index (Phi) is 5.31. The fourth-order valence-electron chi connectivity index (χ4n) is 3.55. The van der Waals surface area contributed by atoms with Gasteiger partial charge in [0.1, 0.15) is 6.61 Å². The second kappa shape index (κ2) is 8.19. The van der Waals surface area contributed by atoms with Crippen molar-refractivity contribution in [3.05, 3.63) is 107 Å². The Balaban J connectivity index is 1.57. The van der Waals surface area contributed by atoms with E-state index in [0.717, 1.165) is 22.6 Å². The van der Waals surface area contributed by atoms with E-state index in [4.69, 9.17) is 4.84 Å². The summed E-state index contributed by atoms with van der Waals surface area (Å²) in [6.07, 6.45) is 1.38. The maximum atomic E-state index is 13.1. The zero-order valence-electron chi connectivity index (χ0n) is 15.5. The van der Waals surface area contributed by atoms with Gasteiger partial charge in [0, 0.05) is 5.56 Å². The fourth-order valence-corrected chi connectivity index (χ4v) is 3.55. The van der Waals surface area contributed by atoms with Crippen molar-refractivity contribution >= 4 is 11.8 Å². The average Bonchev–Trinajstić information content (AvgIpc) is 2.75. The highest BCUT2D eigenvalue weighted by molar-refractivity contribution is 6.10. The summed E-state index contributed by atoms with van der Waals surface area (Å²) in [7, 11) is 0. The Labute approximate surface area is 164 Å². The van der Waals surface area contributed by atoms with Gasteiger partial charge in [-0.15, -0.1) is 5.06 Å². The van der Waals surface area contributed by atoms with Crippen molar-refractivity contribution in [1.29, 1.82) is 0 Å². The molecule has 1 unspecified atom stereocenters. The summed E-state index contributed by atoms with van der Waals surface area (Å²) >= 11 is 0. The van der Waals surface area contributed by atoms with Crippen LogP contribution in [0.2, 0.25) is 0 Å². The summed E-state index contributed by atoms with van der Waals surface area (Å²) in [5.74, 6) is -1.09. The van der Waals surface area contributed by atoms with Gasteiger partial charge in [0.15, 0.2) is 0 Å². The third kappa shape index (κ3) is 3.73. The molecule has 1 heterocycles. The van der Waals surface area contributed by atoms with Crippen molar-refractivity contribution in [1.82, 2.24) is 5.06 Å². The van der Waals surface area contributed by atoms with Crippen LogP contribution in [0.5, 0.6) is 0 Å². The van der Waals surface area contributed by atoms with E-state index in [1.807, 2.05) is 78.9 Å². The summed E-state index contributed by atoms with van der Waals surface area (Å²) in [6, 6.07) is 26.9. The van der Waals surface area contributed by atoms with Crippen LogP contribution in [0.4, 0.5) is 0 Å². The molecule has 0 aromatic heterocycles. The van der Waals surface area contributed by atoms with Crippen LogP contribution in [-0.4, -0.2) is 16.9 Å². The Morgan fingerprint density at radius 1 is 0.750 bits per heavy atom. The third-order valence-electron chi connectivity index (χ3n) is 5.02. The van der Waals surface area contributed by atoms with E-state index in [2.05, 4.69) is 0 Å². The number of hydrogen-bond donors (Lipinski definition) is 0. The number of hydrogen-bond acceptors (Lipinski definition) is 3. The zero-order chi connectivity index (χ0) is 19.3. The van der Waals surface area contributed by atoms with Gasteiger partial charge in [-0.2, -0.15) is 0 Å². The fraction of sp³-hybridized carbons (Fsp3) is 0.167. The molecule has 1 atom stereocenters. The number of imide groups is 1. The maximum Gasteiger partial charge on any atom is 0.285 e. The van der Waals surface area contributed by atoms with E-state index in [-0.39, 0.29) is 12.5 Å². The molecule has 3 aromatic rings. The van der Waals surface area contributed by atoms with E-state index in [0.29, 0.717) is 12.0 Å². The van der Waals surface area contributed by atoms with Crippen LogP contribution < -0.4 is 0 Å². The van der Waals surface area contributed by atoms with Crippen molar-refractivity contribution in [2.75, 3.05) is 0 Å². The minimum atomic E-state index is -0.398. The Bertz CT molecular complexity index is 969. The highest BCUT2D eigenvalue weighted by Gasteiger charge is 2.39. The molecular formula is C24H21NO3. The first-order chi connectivity index (χ1) is 13.7. The van der Waals surface area contributed by atoms with Crippen molar-refractivity contribution in [3.63, 3.8) is 0 Å². The Morgan fingerprint density at radius 3 is 2.07 bits per heavy atom. The molecule has 4 nitrogen and oxygen atoms in total. The molecule has 1 aliphatic heterocycles. The van der Waals surface area contributed by atoms with Gasteiger partial charge in [0.2, 0.25) is 0 Å². The molecule has 1 aliphatic rings. The predicted octanol–water partition coefficient (Wildman–Crippen LogP) is 4.52. The first-order valence-corrected chi connectivity index (χ1v) is 9.42. The molecule has 0 spiro atoms. The number of amides is 2. The highest BCUT2D eigenvalue weighted by Crippen LogP contribution is 2.33. The number of rotatable bonds is 6. The average molecular weight is 371 g/mol. The molecule has 0 fully saturated rings. The van der Waals surface area contributed by atoms with E-state index in [9.17, 15) is 9.59 Å². The summed E-state index contributed by atoms with van der Waals surface area (Å²) in [5.41, 5.74) is 3.39. The van der Waals surface area contributed by atoms with Crippen molar-refractivity contribution in [3.8, 4) is 0 Å². The number of aryl methyl sites for hydroxylation is 1. The largest absolute Gasteiger partial charge is 0.285 e. The van der Waals surface area contributed by atoms with E-state index in [1.54, 1.807) is 6.07 Å². The lowest BCUT2D eigenvalue weighted by molar-refractivity contribution is -0.176. The molecule has 3 aromatic carbocycles. The number of nitrogens with zero attached hydrogens (tertiary/aromatic N) is 1. The van der Waals surface area contributed by atoms with Crippen molar-refractivity contribution < 1.29 is 14.4 Å².